The second-order valence-electron chi connectivity index (χ2n) is 17.8. The van der Waals surface area contributed by atoms with Crippen LogP contribution in [0.1, 0.15) is 297 Å². The van der Waals surface area contributed by atoms with Crippen molar-refractivity contribution in [3.05, 3.63) is 0 Å². The Bertz CT molecular complexity index is 859. The number of hydrogen-bond donors (Lipinski definition) is 0. The molecule has 0 bridgehead atoms. The lowest BCUT2D eigenvalue weighted by Crippen LogP contribution is -2.30. The van der Waals surface area contributed by atoms with E-state index in [0.717, 1.165) is 57.8 Å². The third-order valence-electron chi connectivity index (χ3n) is 11.9. The van der Waals surface area contributed by atoms with Gasteiger partial charge in [0.1, 0.15) is 13.2 Å². The third-order valence-corrected chi connectivity index (χ3v) is 11.9. The summed E-state index contributed by atoms with van der Waals surface area (Å²) in [4.78, 5) is 37.9. The normalized spacial score (nSPS) is 11.8. The van der Waals surface area contributed by atoms with Crippen molar-refractivity contribution in [1.29, 1.82) is 0 Å². The highest BCUT2D eigenvalue weighted by Gasteiger charge is 2.19. The molecule has 0 aliphatic rings. The van der Waals surface area contributed by atoms with E-state index in [1.807, 2.05) is 0 Å². The molecule has 344 valence electrons. The van der Waals surface area contributed by atoms with Crippen molar-refractivity contribution in [3.8, 4) is 0 Å². The van der Waals surface area contributed by atoms with Gasteiger partial charge < -0.3 is 14.2 Å². The highest BCUT2D eigenvalue weighted by Crippen LogP contribution is 2.17. The Kier molecular flexibility index (Phi) is 46.8. The summed E-state index contributed by atoms with van der Waals surface area (Å²) in [5, 5.41) is 0. The number of rotatable bonds is 48. The Morgan fingerprint density at radius 2 is 0.466 bits per heavy atom. The van der Waals surface area contributed by atoms with Crippen LogP contribution in [0.5, 0.6) is 0 Å². The predicted molar refractivity (Wildman–Crippen MR) is 247 cm³/mol. The minimum absolute atomic E-state index is 0.0617. The molecule has 0 aliphatic carbocycles. The van der Waals surface area contributed by atoms with Crippen molar-refractivity contribution in [2.75, 3.05) is 13.2 Å². The van der Waals surface area contributed by atoms with Crippen molar-refractivity contribution in [1.82, 2.24) is 0 Å². The molecule has 0 aliphatic heterocycles. The van der Waals surface area contributed by atoms with Crippen molar-refractivity contribution < 1.29 is 28.6 Å². The van der Waals surface area contributed by atoms with Gasteiger partial charge in [0, 0.05) is 19.3 Å². The van der Waals surface area contributed by atoms with Crippen LogP contribution in [0, 0.1) is 0 Å². The average molecular weight is 821 g/mol. The van der Waals surface area contributed by atoms with Crippen LogP contribution in [0.25, 0.3) is 0 Å². The lowest BCUT2D eigenvalue weighted by molar-refractivity contribution is -0.167. The van der Waals surface area contributed by atoms with Crippen LogP contribution in [0.3, 0.4) is 0 Å². The maximum atomic E-state index is 12.8. The van der Waals surface area contributed by atoms with E-state index in [0.29, 0.717) is 19.3 Å². The highest BCUT2D eigenvalue weighted by atomic mass is 16.6. The van der Waals surface area contributed by atoms with Crippen molar-refractivity contribution in [2.24, 2.45) is 0 Å². The zero-order valence-corrected chi connectivity index (χ0v) is 39.3. The molecule has 0 heterocycles. The van der Waals surface area contributed by atoms with Gasteiger partial charge in [0.25, 0.3) is 0 Å². The van der Waals surface area contributed by atoms with Gasteiger partial charge in [-0.1, -0.05) is 258 Å². The Morgan fingerprint density at radius 1 is 0.276 bits per heavy atom. The van der Waals surface area contributed by atoms with E-state index in [2.05, 4.69) is 20.8 Å². The molecule has 1 atom stereocenters. The second kappa shape index (κ2) is 48.1. The fraction of sp³-hybridized carbons (Fsp3) is 0.942. The molecular weight excluding hydrogens is 721 g/mol. The molecule has 0 aromatic carbocycles. The maximum Gasteiger partial charge on any atom is 0.306 e. The molecule has 0 N–H and O–H groups in total. The lowest BCUT2D eigenvalue weighted by Gasteiger charge is -2.18. The van der Waals surface area contributed by atoms with Crippen LogP contribution in [0.15, 0.2) is 0 Å². The van der Waals surface area contributed by atoms with E-state index in [1.165, 1.54) is 199 Å². The number of carbonyl (C=O) groups is 3. The molecule has 1 unspecified atom stereocenters. The number of ether oxygens (including phenoxy) is 3. The van der Waals surface area contributed by atoms with Crippen molar-refractivity contribution in [3.63, 3.8) is 0 Å². The molecular formula is C52H100O6. The van der Waals surface area contributed by atoms with E-state index in [-0.39, 0.29) is 31.1 Å². The van der Waals surface area contributed by atoms with E-state index in [9.17, 15) is 14.4 Å². The van der Waals surface area contributed by atoms with E-state index >= 15 is 0 Å². The standard InChI is InChI=1S/C52H100O6/c1-4-7-10-13-16-19-22-25-27-30-33-36-39-42-45-51(54)57-48-49(47-56-50(53)44-41-38-35-32-29-24-21-18-15-12-9-6-3)58-52(55)46-43-40-37-34-31-28-26-23-20-17-14-11-8-5-2/h49H,4-48H2,1-3H3. The van der Waals surface area contributed by atoms with E-state index < -0.39 is 6.10 Å². The van der Waals surface area contributed by atoms with E-state index in [4.69, 9.17) is 14.2 Å². The highest BCUT2D eigenvalue weighted by molar-refractivity contribution is 5.71. The summed E-state index contributed by atoms with van der Waals surface area (Å²) in [5.74, 6) is -0.840. The first-order valence-electron chi connectivity index (χ1n) is 26.0. The minimum atomic E-state index is -0.759. The van der Waals surface area contributed by atoms with Crippen LogP contribution in [0.4, 0.5) is 0 Å². The number of carbonyl (C=O) groups excluding carboxylic acids is 3. The summed E-state index contributed by atoms with van der Waals surface area (Å²) >= 11 is 0. The van der Waals surface area contributed by atoms with Crippen molar-refractivity contribution >= 4 is 17.9 Å². The van der Waals surface area contributed by atoms with Crippen molar-refractivity contribution in [2.45, 2.75) is 303 Å². The molecule has 6 nitrogen and oxygen atoms in total. The molecule has 0 rings (SSSR count). The number of unbranched alkanes of at least 4 members (excludes halogenated alkanes) is 37. The molecule has 0 aromatic heterocycles. The van der Waals surface area contributed by atoms with Gasteiger partial charge in [-0.25, -0.2) is 0 Å². The topological polar surface area (TPSA) is 78.9 Å². The first kappa shape index (κ1) is 56.4. The van der Waals surface area contributed by atoms with Gasteiger partial charge in [-0.05, 0) is 19.3 Å². The van der Waals surface area contributed by atoms with Crippen LogP contribution in [-0.4, -0.2) is 37.2 Å². The summed E-state index contributed by atoms with van der Waals surface area (Å²) in [5.41, 5.74) is 0. The molecule has 0 saturated heterocycles. The first-order valence-corrected chi connectivity index (χ1v) is 26.0. The second-order valence-corrected chi connectivity index (χ2v) is 17.8. The van der Waals surface area contributed by atoms with Crippen LogP contribution in [0.2, 0.25) is 0 Å². The number of hydrogen-bond acceptors (Lipinski definition) is 6. The summed E-state index contributed by atoms with van der Waals surface area (Å²) in [6.45, 7) is 6.68. The first-order chi connectivity index (χ1) is 28.5. The van der Waals surface area contributed by atoms with Gasteiger partial charge in [-0.15, -0.1) is 0 Å². The summed E-state index contributed by atoms with van der Waals surface area (Å²) in [6.07, 6.45) is 50.8. The maximum absolute atomic E-state index is 12.8. The Labute approximate surface area is 361 Å². The Morgan fingerprint density at radius 3 is 0.690 bits per heavy atom. The molecule has 0 fully saturated rings. The summed E-state index contributed by atoms with van der Waals surface area (Å²) in [6, 6.07) is 0. The third kappa shape index (κ3) is 45.5. The Balaban J connectivity index is 4.30. The van der Waals surface area contributed by atoms with Gasteiger partial charge in [0.2, 0.25) is 0 Å². The largest absolute Gasteiger partial charge is 0.462 e. The molecule has 6 heteroatoms. The fourth-order valence-electron chi connectivity index (χ4n) is 7.92. The predicted octanol–water partition coefficient (Wildman–Crippen LogP) is 16.8. The van der Waals surface area contributed by atoms with Crippen LogP contribution in [-0.2, 0) is 28.6 Å². The number of esters is 3. The lowest BCUT2D eigenvalue weighted by atomic mass is 10.0. The quantitative estimate of drug-likeness (QED) is 0.0346. The molecule has 0 aromatic rings. The van der Waals surface area contributed by atoms with Gasteiger partial charge in [0.05, 0.1) is 0 Å². The van der Waals surface area contributed by atoms with Gasteiger partial charge >= 0.3 is 17.9 Å². The smallest absolute Gasteiger partial charge is 0.306 e. The SMILES string of the molecule is CCCCCCCCCCCCCCCCC(=O)OCC(COC(=O)CCCCCCCCCCCCCC)OC(=O)CCCCCCCCCCCCCCCC. The van der Waals surface area contributed by atoms with Gasteiger partial charge in [0.15, 0.2) is 6.10 Å². The Hall–Kier alpha value is -1.59. The summed E-state index contributed by atoms with van der Waals surface area (Å²) < 4.78 is 16.8. The van der Waals surface area contributed by atoms with Crippen LogP contribution >= 0.6 is 0 Å². The molecule has 0 spiro atoms. The molecule has 0 radical (unpaired) electrons. The van der Waals surface area contributed by atoms with Gasteiger partial charge in [-0.2, -0.15) is 0 Å². The molecule has 58 heavy (non-hydrogen) atoms. The van der Waals surface area contributed by atoms with E-state index in [1.54, 1.807) is 0 Å². The van der Waals surface area contributed by atoms with Crippen LogP contribution < -0.4 is 0 Å². The zero-order chi connectivity index (χ0) is 42.3. The average Bonchev–Trinajstić information content (AvgIpc) is 3.22. The summed E-state index contributed by atoms with van der Waals surface area (Å²) in [7, 11) is 0. The minimum Gasteiger partial charge on any atom is -0.462 e. The monoisotopic (exact) mass is 821 g/mol. The fourth-order valence-corrected chi connectivity index (χ4v) is 7.92. The molecule has 0 amide bonds. The zero-order valence-electron chi connectivity index (χ0n) is 39.3. The molecule has 0 saturated carbocycles. The van der Waals surface area contributed by atoms with Gasteiger partial charge in [-0.3, -0.25) is 14.4 Å².